The summed E-state index contributed by atoms with van der Waals surface area (Å²) in [6, 6.07) is 25.5. The highest BCUT2D eigenvalue weighted by Gasteiger charge is 2.48. The van der Waals surface area contributed by atoms with E-state index in [4.69, 9.17) is 15.8 Å². The highest BCUT2D eigenvalue weighted by Crippen LogP contribution is 2.42. The number of nitrogens with one attached hydrogen (secondary N) is 9. The van der Waals surface area contributed by atoms with Crippen molar-refractivity contribution in [2.45, 2.75) is 151 Å². The number of alkyl carbamates (subject to hydrolysis) is 3. The Hall–Kier alpha value is -12.9. The van der Waals surface area contributed by atoms with Crippen molar-refractivity contribution in [2.75, 3.05) is 76.5 Å². The molecule has 117 heavy (non-hydrogen) atoms. The Morgan fingerprint density at radius 1 is 0.436 bits per heavy atom. The number of ether oxygens (including phenoxy) is 3. The van der Waals surface area contributed by atoms with Gasteiger partial charge >= 0.3 is 18.3 Å². The number of nitriles is 3. The van der Waals surface area contributed by atoms with Crippen molar-refractivity contribution in [3.05, 3.63) is 143 Å². The van der Waals surface area contributed by atoms with Crippen LogP contribution in [0.25, 0.3) is 50.7 Å². The number of nitrogens with zero attached hydrogens (tertiary/aromatic N) is 12. The van der Waals surface area contributed by atoms with E-state index in [-0.39, 0.29) is 93.0 Å². The molecular weight excluding hydrogens is 1540 g/mol. The Bertz CT molecular complexity index is 4780. The van der Waals surface area contributed by atoms with E-state index in [9.17, 15) is 70.4 Å². The van der Waals surface area contributed by atoms with Gasteiger partial charge in [0.2, 0.25) is 0 Å². The Kier molecular flexibility index (Phi) is 26.5. The van der Waals surface area contributed by atoms with Gasteiger partial charge in [0.25, 0.3) is 17.7 Å². The van der Waals surface area contributed by atoms with E-state index >= 15 is 0 Å². The first-order chi connectivity index (χ1) is 55.3. The van der Waals surface area contributed by atoms with Crippen molar-refractivity contribution in [1.29, 1.82) is 15.8 Å². The Morgan fingerprint density at radius 2 is 0.684 bits per heavy atom. The highest BCUT2D eigenvalue weighted by molar-refractivity contribution is 6.01. The number of halogens is 6. The molecule has 6 amide bonds. The number of amides is 6. The minimum Gasteiger partial charge on any atom is -0.453 e. The van der Waals surface area contributed by atoms with Gasteiger partial charge < -0.3 is 77.4 Å². The molecule has 3 atom stereocenters. The maximum absolute atomic E-state index is 15.0. The van der Waals surface area contributed by atoms with Crippen LogP contribution < -0.4 is 47.9 Å². The van der Waals surface area contributed by atoms with Crippen molar-refractivity contribution in [2.24, 2.45) is 0 Å². The molecule has 3 aliphatic rings. The van der Waals surface area contributed by atoms with Crippen LogP contribution in [0.5, 0.6) is 0 Å². The molecule has 3 aliphatic carbocycles. The van der Waals surface area contributed by atoms with Crippen LogP contribution in [0.3, 0.4) is 0 Å². The van der Waals surface area contributed by atoms with E-state index < -0.39 is 108 Å². The fourth-order valence-corrected chi connectivity index (χ4v) is 12.8. The Balaban J connectivity index is 0.000000185. The van der Waals surface area contributed by atoms with E-state index in [1.54, 1.807) is 86.3 Å². The van der Waals surface area contributed by atoms with Gasteiger partial charge in [0.1, 0.15) is 53.7 Å². The number of aromatic nitrogens is 9. The molecule has 0 saturated heterocycles. The zero-order valence-corrected chi connectivity index (χ0v) is 65.0. The van der Waals surface area contributed by atoms with E-state index in [1.807, 2.05) is 18.2 Å². The number of fused-ring (bicyclic) bond motifs is 3. The normalized spacial score (nSPS) is 19.5. The van der Waals surface area contributed by atoms with Gasteiger partial charge in [-0.15, -0.1) is 0 Å². The minimum atomic E-state index is -1.71. The molecule has 39 heteroatoms. The second kappa shape index (κ2) is 35.8. The topological polar surface area (TPSA) is 461 Å². The second-order valence-electron chi connectivity index (χ2n) is 30.3. The van der Waals surface area contributed by atoms with E-state index in [1.165, 1.54) is 100 Å². The monoisotopic (exact) mass is 1620 g/mol. The van der Waals surface area contributed by atoms with Gasteiger partial charge in [-0.1, -0.05) is 0 Å². The molecule has 12 rings (SSSR count). The molecule has 0 unspecified atom stereocenters. The molecule has 9 aromatic rings. The Morgan fingerprint density at radius 3 is 0.906 bits per heavy atom. The minimum absolute atomic E-state index is 0.0630. The molecule has 9 aromatic heterocycles. The summed E-state index contributed by atoms with van der Waals surface area (Å²) >= 11 is 0. The van der Waals surface area contributed by atoms with Crippen LogP contribution in [0.4, 0.5) is 57.8 Å². The van der Waals surface area contributed by atoms with Gasteiger partial charge in [-0.3, -0.25) is 29.3 Å². The Labute approximate surface area is 665 Å². The van der Waals surface area contributed by atoms with Crippen LogP contribution >= 0.6 is 0 Å². The number of aliphatic hydroxyl groups is 3. The summed E-state index contributed by atoms with van der Waals surface area (Å²) in [5.74, 6) is -1.88. The molecule has 0 aromatic carbocycles. The number of hydrogen-bond acceptors (Lipinski definition) is 24. The largest absolute Gasteiger partial charge is 0.453 e. The number of hydrogen-bond donors (Lipinski definition) is 12. The zero-order chi connectivity index (χ0) is 85.1. The molecule has 618 valence electrons. The maximum Gasteiger partial charge on any atom is 0.406 e. The van der Waals surface area contributed by atoms with Gasteiger partial charge in [-0.25, -0.2) is 54.3 Å². The van der Waals surface area contributed by atoms with Gasteiger partial charge in [-0.2, -0.15) is 31.1 Å². The molecule has 0 spiro atoms. The quantitative estimate of drug-likeness (QED) is 0.0170. The number of alkyl halides is 6. The number of anilines is 3. The van der Waals surface area contributed by atoms with Gasteiger partial charge in [0.05, 0.1) is 197 Å². The predicted molar refractivity (Wildman–Crippen MR) is 413 cm³/mol. The summed E-state index contributed by atoms with van der Waals surface area (Å²) in [6.07, 6.45) is 1.32. The van der Waals surface area contributed by atoms with Crippen molar-refractivity contribution < 1.29 is 84.6 Å². The fraction of sp³-hybridized carbons (Fsp3) is 0.423. The first-order valence-corrected chi connectivity index (χ1v) is 36.7. The van der Waals surface area contributed by atoms with E-state index in [2.05, 4.69) is 92.3 Å². The van der Waals surface area contributed by atoms with Crippen LogP contribution in [-0.4, -0.2) is 226 Å². The van der Waals surface area contributed by atoms with Crippen LogP contribution in [0, 0.1) is 34.0 Å². The molecule has 0 bridgehead atoms. The van der Waals surface area contributed by atoms with Gasteiger partial charge in [0.15, 0.2) is 0 Å². The van der Waals surface area contributed by atoms with Crippen LogP contribution in [-0.2, 0) is 14.2 Å². The highest BCUT2D eigenvalue weighted by atomic mass is 19.2. The molecule has 3 fully saturated rings. The third kappa shape index (κ3) is 21.5. The van der Waals surface area contributed by atoms with Crippen molar-refractivity contribution >= 4 is 69.6 Å². The molecule has 0 radical (unpaired) electrons. The third-order valence-corrected chi connectivity index (χ3v) is 19.7. The molecule has 33 nitrogen and oxygen atoms in total. The lowest BCUT2D eigenvalue weighted by Crippen LogP contribution is -2.54. The smallest absolute Gasteiger partial charge is 0.406 e. The average molecular weight is 1620 g/mol. The first kappa shape index (κ1) is 86.5. The van der Waals surface area contributed by atoms with Crippen LogP contribution in [0.15, 0.2) is 110 Å². The van der Waals surface area contributed by atoms with Gasteiger partial charge in [-0.05, 0) is 114 Å². The fourth-order valence-electron chi connectivity index (χ4n) is 12.8. The molecule has 9 heterocycles. The maximum atomic E-state index is 15.0. The van der Waals surface area contributed by atoms with E-state index in [0.29, 0.717) is 84.5 Å². The lowest BCUT2D eigenvalue weighted by molar-refractivity contribution is -0.00209. The standard InChI is InChI=1S/3C26H29F2N7O4/c3*1-25(2,38)22(27)13-31-23(36)18-12-30-20(21-5-4-17-6-15(10-29)11-33-35(17)21)7-19(18)34-16-8-26(28,9-16)14-32-24(37)39-3/h3*4-7,11-12,16,22,38H,8-9,13-14H2,1-3H3,(H,30,34)(H,31,36)(H,32,37)/t3*16?,22-,26?/m111/s1. The lowest BCUT2D eigenvalue weighted by atomic mass is 9.77. The lowest BCUT2D eigenvalue weighted by Gasteiger charge is -2.42. The summed E-state index contributed by atoms with van der Waals surface area (Å²) in [7, 11) is 3.58. The molecular formula is C78H87F6N21O12. The second-order valence-corrected chi connectivity index (χ2v) is 30.3. The summed E-state index contributed by atoms with van der Waals surface area (Å²) in [6.45, 7) is 5.91. The third-order valence-electron chi connectivity index (χ3n) is 19.7. The number of carbonyl (C=O) groups is 6. The number of carbonyl (C=O) groups excluding carboxylic acids is 6. The predicted octanol–water partition coefficient (Wildman–Crippen LogP) is 8.24. The molecule has 12 N–H and O–H groups in total. The van der Waals surface area contributed by atoms with Crippen molar-refractivity contribution in [3.63, 3.8) is 0 Å². The number of methoxy groups -OCH3 is 3. The summed E-state index contributed by atoms with van der Waals surface area (Å²) in [5, 5.41) is 93.8. The van der Waals surface area contributed by atoms with Crippen molar-refractivity contribution in [3.8, 4) is 52.4 Å². The van der Waals surface area contributed by atoms with E-state index in [0.717, 1.165) is 0 Å². The van der Waals surface area contributed by atoms with Crippen molar-refractivity contribution in [1.82, 2.24) is 75.7 Å². The number of pyridine rings is 3. The summed E-state index contributed by atoms with van der Waals surface area (Å²) in [4.78, 5) is 86.1. The molecule has 3 saturated carbocycles. The average Bonchev–Trinajstić information content (AvgIpc) is 1.56. The zero-order valence-electron chi connectivity index (χ0n) is 65.0. The summed E-state index contributed by atoms with van der Waals surface area (Å²) in [5.41, 5.74) is -2.20. The molecule has 0 aliphatic heterocycles. The van der Waals surface area contributed by atoms with Crippen LogP contribution in [0.2, 0.25) is 0 Å². The summed E-state index contributed by atoms with van der Waals surface area (Å²) < 4.78 is 106. The first-order valence-electron chi connectivity index (χ1n) is 36.7. The van der Waals surface area contributed by atoms with Gasteiger partial charge in [0, 0.05) is 75.2 Å². The van der Waals surface area contributed by atoms with Crippen LogP contribution in [0.1, 0.15) is 128 Å². The SMILES string of the molecule is COC(=O)NCC1(F)CC(Nc2cc(-c3ccc4cc(C#N)cnn34)ncc2C(=O)NC[C@@H](F)C(C)(C)O)C1.COC(=O)NCC1(F)CC(Nc2cc(-c3ccc4cc(C#N)cnn34)ncc2C(=O)NC[C@@H](F)C(C)(C)O)C1.COC(=O)NCC1(F)CC(Nc2cc(-c3ccc4cc(C#N)cnn34)ncc2C(=O)NC[C@@H](F)C(C)(C)O)C1. The number of rotatable bonds is 27.